The Morgan fingerprint density at radius 2 is 1.92 bits per heavy atom. The molecule has 2 aromatic heterocycles. The summed E-state index contributed by atoms with van der Waals surface area (Å²) in [6, 6.07) is 13.0. The number of nitrogens with one attached hydrogen (secondary N) is 1. The second-order valence-corrected chi connectivity index (χ2v) is 6.19. The Morgan fingerprint density at radius 1 is 1.12 bits per heavy atom. The van der Waals surface area contributed by atoms with Gasteiger partial charge in [-0.05, 0) is 18.2 Å². The highest BCUT2D eigenvalue weighted by Gasteiger charge is 2.18. The molecule has 0 fully saturated rings. The first kappa shape index (κ1) is 13.3. The predicted octanol–water partition coefficient (Wildman–Crippen LogP) is 2.78. The van der Waals surface area contributed by atoms with E-state index in [-0.39, 0.29) is 12.4 Å². The van der Waals surface area contributed by atoms with Gasteiger partial charge < -0.3 is 14.8 Å². The zero-order chi connectivity index (χ0) is 16.1. The number of rotatable bonds is 2. The van der Waals surface area contributed by atoms with Crippen LogP contribution in [0.1, 0.15) is 0 Å². The number of fused-ring (bicyclic) bond motifs is 3. The molecule has 1 aliphatic heterocycles. The molecule has 0 saturated carbocycles. The van der Waals surface area contributed by atoms with Crippen molar-refractivity contribution in [3.05, 3.63) is 52.8 Å². The molecular weight excluding hydrogens is 328 g/mol. The number of ether oxygens (including phenoxy) is 2. The molecule has 118 valence electrons. The van der Waals surface area contributed by atoms with Crippen LogP contribution < -0.4 is 20.3 Å². The fraction of sp³-hybridized carbons (Fsp3) is 0.0625. The first-order chi connectivity index (χ1) is 11.8. The highest BCUT2D eigenvalue weighted by Crippen LogP contribution is 2.35. The molecular formula is C16H10N4O3S. The third kappa shape index (κ3) is 2.00. The lowest BCUT2D eigenvalue weighted by Gasteiger charge is -2.00. The van der Waals surface area contributed by atoms with E-state index in [9.17, 15) is 4.79 Å². The number of nitrogens with zero attached hydrogens (tertiary/aromatic N) is 3. The summed E-state index contributed by atoms with van der Waals surface area (Å²) in [5.74, 6) is 1.16. The quantitative estimate of drug-likeness (QED) is 0.605. The average molecular weight is 338 g/mol. The van der Waals surface area contributed by atoms with Gasteiger partial charge in [-0.2, -0.15) is 4.52 Å². The Bertz CT molecular complexity index is 1140. The van der Waals surface area contributed by atoms with Gasteiger partial charge in [0, 0.05) is 11.8 Å². The smallest absolute Gasteiger partial charge is 0.283 e. The van der Waals surface area contributed by atoms with E-state index in [4.69, 9.17) is 9.47 Å². The molecule has 1 N–H and O–H groups in total. The van der Waals surface area contributed by atoms with Gasteiger partial charge in [-0.3, -0.25) is 4.79 Å². The molecule has 0 unspecified atom stereocenters. The molecule has 4 aromatic rings. The number of aromatic nitrogens is 3. The molecule has 1 aliphatic rings. The van der Waals surface area contributed by atoms with Gasteiger partial charge in [0.05, 0.1) is 10.9 Å². The molecule has 3 heterocycles. The SMILES string of the molecule is O=c1c2cc3c(cc2nc2sc(Nc4ccccc4)nn12)OCO3. The van der Waals surface area contributed by atoms with Gasteiger partial charge in [0.2, 0.25) is 16.9 Å². The highest BCUT2D eigenvalue weighted by molar-refractivity contribution is 7.20. The molecule has 0 radical (unpaired) electrons. The van der Waals surface area contributed by atoms with Crippen LogP contribution in [0.15, 0.2) is 47.3 Å². The lowest BCUT2D eigenvalue weighted by atomic mass is 10.2. The molecule has 0 saturated heterocycles. The maximum absolute atomic E-state index is 12.7. The molecule has 0 bridgehead atoms. The third-order valence-electron chi connectivity index (χ3n) is 3.71. The first-order valence-electron chi connectivity index (χ1n) is 7.23. The predicted molar refractivity (Wildman–Crippen MR) is 90.5 cm³/mol. The first-order valence-corrected chi connectivity index (χ1v) is 8.05. The van der Waals surface area contributed by atoms with Crippen LogP contribution in [0, 0.1) is 0 Å². The zero-order valence-electron chi connectivity index (χ0n) is 12.2. The van der Waals surface area contributed by atoms with Crippen LogP contribution in [-0.4, -0.2) is 21.4 Å². The highest BCUT2D eigenvalue weighted by atomic mass is 32.1. The summed E-state index contributed by atoms with van der Waals surface area (Å²) in [4.78, 5) is 17.7. The Kier molecular flexibility index (Phi) is 2.74. The van der Waals surface area contributed by atoms with Crippen LogP contribution in [0.5, 0.6) is 11.5 Å². The van der Waals surface area contributed by atoms with Crippen LogP contribution in [0.2, 0.25) is 0 Å². The van der Waals surface area contributed by atoms with Crippen LogP contribution in [0.3, 0.4) is 0 Å². The van der Waals surface area contributed by atoms with Crippen molar-refractivity contribution in [1.29, 1.82) is 0 Å². The summed E-state index contributed by atoms with van der Waals surface area (Å²) in [7, 11) is 0. The topological polar surface area (TPSA) is 77.8 Å². The third-order valence-corrected chi connectivity index (χ3v) is 4.54. The maximum atomic E-state index is 12.7. The number of hydrogen-bond donors (Lipinski definition) is 1. The second-order valence-electron chi connectivity index (χ2n) is 5.23. The van der Waals surface area contributed by atoms with Crippen LogP contribution in [0.4, 0.5) is 10.8 Å². The molecule has 2 aromatic carbocycles. The van der Waals surface area contributed by atoms with Gasteiger partial charge >= 0.3 is 0 Å². The van der Waals surface area contributed by atoms with Crippen molar-refractivity contribution in [3.63, 3.8) is 0 Å². The molecule has 0 spiro atoms. The Hall–Kier alpha value is -3.13. The van der Waals surface area contributed by atoms with E-state index >= 15 is 0 Å². The van der Waals surface area contributed by atoms with Gasteiger partial charge in [-0.25, -0.2) is 4.98 Å². The lowest BCUT2D eigenvalue weighted by molar-refractivity contribution is 0.174. The Morgan fingerprint density at radius 3 is 2.75 bits per heavy atom. The fourth-order valence-electron chi connectivity index (χ4n) is 2.59. The van der Waals surface area contributed by atoms with E-state index in [1.165, 1.54) is 15.9 Å². The van der Waals surface area contributed by atoms with Crippen molar-refractivity contribution in [1.82, 2.24) is 14.6 Å². The van der Waals surface area contributed by atoms with Gasteiger partial charge in [-0.1, -0.05) is 29.5 Å². The molecule has 0 amide bonds. The zero-order valence-corrected chi connectivity index (χ0v) is 13.0. The second kappa shape index (κ2) is 4.93. The van der Waals surface area contributed by atoms with Crippen LogP contribution in [-0.2, 0) is 0 Å². The summed E-state index contributed by atoms with van der Waals surface area (Å²) in [5, 5.41) is 8.56. The van der Waals surface area contributed by atoms with Crippen LogP contribution >= 0.6 is 11.3 Å². The standard InChI is InChI=1S/C16H10N4O3S/c21-14-10-6-12-13(23-8-22-12)7-11(10)18-16-20(14)19-15(24-16)17-9-4-2-1-3-5-9/h1-7H,8H2,(H,17,19). The lowest BCUT2D eigenvalue weighted by Crippen LogP contribution is -2.15. The van der Waals surface area contributed by atoms with E-state index in [1.54, 1.807) is 12.1 Å². The normalized spacial score (nSPS) is 12.8. The van der Waals surface area contributed by atoms with Crippen molar-refractivity contribution in [3.8, 4) is 11.5 Å². The molecule has 24 heavy (non-hydrogen) atoms. The van der Waals surface area contributed by atoms with Gasteiger partial charge in [-0.15, -0.1) is 5.10 Å². The molecule has 5 rings (SSSR count). The van der Waals surface area contributed by atoms with E-state index < -0.39 is 0 Å². The summed E-state index contributed by atoms with van der Waals surface area (Å²) in [6.45, 7) is 0.157. The molecule has 8 heteroatoms. The van der Waals surface area contributed by atoms with E-state index in [0.717, 1.165) is 5.69 Å². The van der Waals surface area contributed by atoms with E-state index in [1.807, 2.05) is 30.3 Å². The van der Waals surface area contributed by atoms with Gasteiger partial charge in [0.25, 0.3) is 5.56 Å². The van der Waals surface area contributed by atoms with E-state index in [0.29, 0.717) is 32.5 Å². The minimum atomic E-state index is -0.231. The van der Waals surface area contributed by atoms with Crippen LogP contribution in [0.25, 0.3) is 15.9 Å². The Balaban J connectivity index is 1.68. The van der Waals surface area contributed by atoms with Gasteiger partial charge in [0.15, 0.2) is 11.5 Å². The van der Waals surface area contributed by atoms with E-state index in [2.05, 4.69) is 15.4 Å². The summed E-state index contributed by atoms with van der Waals surface area (Å²) in [6.07, 6.45) is 0. The van der Waals surface area contributed by atoms with Gasteiger partial charge in [0.1, 0.15) is 0 Å². The largest absolute Gasteiger partial charge is 0.454 e. The molecule has 7 nitrogen and oxygen atoms in total. The summed E-state index contributed by atoms with van der Waals surface area (Å²) >= 11 is 1.31. The number of benzene rings is 2. The maximum Gasteiger partial charge on any atom is 0.283 e. The molecule has 0 aliphatic carbocycles. The summed E-state index contributed by atoms with van der Waals surface area (Å²) in [5.41, 5.74) is 1.24. The average Bonchev–Trinajstić information content (AvgIpc) is 3.20. The monoisotopic (exact) mass is 338 g/mol. The minimum absolute atomic E-state index is 0.157. The minimum Gasteiger partial charge on any atom is -0.454 e. The van der Waals surface area contributed by atoms with Crippen molar-refractivity contribution in [2.75, 3.05) is 12.1 Å². The van der Waals surface area contributed by atoms with Crippen molar-refractivity contribution in [2.45, 2.75) is 0 Å². The van der Waals surface area contributed by atoms with Crippen molar-refractivity contribution < 1.29 is 9.47 Å². The summed E-state index contributed by atoms with van der Waals surface area (Å²) < 4.78 is 12.0. The van der Waals surface area contributed by atoms with Crippen molar-refractivity contribution in [2.24, 2.45) is 0 Å². The number of para-hydroxylation sites is 1. The fourth-order valence-corrected chi connectivity index (χ4v) is 3.41. The number of anilines is 2. The Labute approximate surface area is 139 Å². The molecule has 0 atom stereocenters. The van der Waals surface area contributed by atoms with Crippen molar-refractivity contribution >= 4 is 38.0 Å². The number of hydrogen-bond acceptors (Lipinski definition) is 7.